The molecule has 0 unspecified atom stereocenters. The van der Waals surface area contributed by atoms with Gasteiger partial charge in [-0.15, -0.1) is 0 Å². The summed E-state index contributed by atoms with van der Waals surface area (Å²) < 4.78 is 2.45. The number of aromatic nitrogens is 4. The minimum Gasteiger partial charge on any atom is -0.383 e. The van der Waals surface area contributed by atoms with E-state index >= 15 is 0 Å². The molecular formula is C14H13BrN6. The quantitative estimate of drug-likeness (QED) is 0.763. The number of nitrogens with zero attached hydrogens (tertiary/aromatic N) is 4. The van der Waals surface area contributed by atoms with E-state index in [-0.39, 0.29) is 0 Å². The Morgan fingerprint density at radius 2 is 2.14 bits per heavy atom. The molecule has 0 saturated carbocycles. The van der Waals surface area contributed by atoms with Crippen molar-refractivity contribution in [3.05, 3.63) is 47.2 Å². The number of rotatable bonds is 3. The predicted octanol–water partition coefficient (Wildman–Crippen LogP) is 2.97. The molecule has 2 aromatic heterocycles. The Kier molecular flexibility index (Phi) is 3.57. The van der Waals surface area contributed by atoms with E-state index in [1.54, 1.807) is 10.9 Å². The van der Waals surface area contributed by atoms with Gasteiger partial charge in [-0.05, 0) is 34.1 Å². The number of halogens is 1. The van der Waals surface area contributed by atoms with Gasteiger partial charge in [0.25, 0.3) is 0 Å². The number of hydrogen-bond donors (Lipinski definition) is 2. The van der Waals surface area contributed by atoms with Gasteiger partial charge >= 0.3 is 0 Å². The summed E-state index contributed by atoms with van der Waals surface area (Å²) in [6.07, 6.45) is 3.53. The SMILES string of the molecule is Cn1ccc(-c2cccc(Nc3ncc(Br)c(N)n3)c2)n1. The molecule has 0 aliphatic rings. The molecule has 0 aliphatic carbocycles. The average Bonchev–Trinajstić information content (AvgIpc) is 2.90. The van der Waals surface area contributed by atoms with Gasteiger partial charge in [-0.25, -0.2) is 4.98 Å². The van der Waals surface area contributed by atoms with Crippen molar-refractivity contribution in [2.24, 2.45) is 7.05 Å². The second kappa shape index (κ2) is 5.53. The third-order valence-corrected chi connectivity index (χ3v) is 3.51. The molecule has 0 amide bonds. The minimum atomic E-state index is 0.397. The Morgan fingerprint density at radius 1 is 1.29 bits per heavy atom. The molecule has 106 valence electrons. The van der Waals surface area contributed by atoms with Gasteiger partial charge in [0.05, 0.1) is 10.2 Å². The number of nitrogens with two attached hydrogens (primary N) is 1. The molecule has 2 heterocycles. The molecule has 0 spiro atoms. The second-order valence-corrected chi connectivity index (χ2v) is 5.36. The van der Waals surface area contributed by atoms with Crippen LogP contribution in [0.1, 0.15) is 0 Å². The molecule has 1 aromatic carbocycles. The molecular weight excluding hydrogens is 332 g/mol. The summed E-state index contributed by atoms with van der Waals surface area (Å²) in [6.45, 7) is 0. The van der Waals surface area contributed by atoms with Crippen LogP contribution >= 0.6 is 15.9 Å². The molecule has 7 heteroatoms. The van der Waals surface area contributed by atoms with Crippen LogP contribution in [-0.4, -0.2) is 19.7 Å². The van der Waals surface area contributed by atoms with Gasteiger partial charge in [0.1, 0.15) is 5.82 Å². The number of nitrogens with one attached hydrogen (secondary N) is 1. The van der Waals surface area contributed by atoms with Crippen LogP contribution in [0.25, 0.3) is 11.3 Å². The zero-order valence-corrected chi connectivity index (χ0v) is 12.9. The average molecular weight is 345 g/mol. The number of hydrogen-bond acceptors (Lipinski definition) is 5. The summed E-state index contributed by atoms with van der Waals surface area (Å²) in [7, 11) is 1.89. The van der Waals surface area contributed by atoms with Gasteiger partial charge in [0.15, 0.2) is 0 Å². The maximum atomic E-state index is 5.75. The molecule has 0 radical (unpaired) electrons. The van der Waals surface area contributed by atoms with Gasteiger partial charge < -0.3 is 11.1 Å². The van der Waals surface area contributed by atoms with Crippen LogP contribution in [0.4, 0.5) is 17.5 Å². The molecule has 0 bridgehead atoms. The number of benzene rings is 1. The first-order chi connectivity index (χ1) is 10.1. The van der Waals surface area contributed by atoms with Crippen LogP contribution in [0.15, 0.2) is 47.2 Å². The lowest BCUT2D eigenvalue weighted by Crippen LogP contribution is -2.00. The van der Waals surface area contributed by atoms with E-state index in [9.17, 15) is 0 Å². The highest BCUT2D eigenvalue weighted by atomic mass is 79.9. The standard InChI is InChI=1S/C14H13BrN6/c1-21-6-5-12(20-21)9-3-2-4-10(7-9)18-14-17-8-11(15)13(16)19-14/h2-8H,1H3,(H3,16,17,18,19). The van der Waals surface area contributed by atoms with Crippen molar-refractivity contribution in [1.82, 2.24) is 19.7 Å². The molecule has 3 N–H and O–H groups in total. The lowest BCUT2D eigenvalue weighted by molar-refractivity contribution is 0.771. The van der Waals surface area contributed by atoms with E-state index in [0.29, 0.717) is 16.2 Å². The Labute approximate surface area is 130 Å². The van der Waals surface area contributed by atoms with E-state index < -0.39 is 0 Å². The third kappa shape index (κ3) is 3.03. The normalized spacial score (nSPS) is 10.6. The molecule has 0 saturated heterocycles. The number of aryl methyl sites for hydroxylation is 1. The topological polar surface area (TPSA) is 81.7 Å². The summed E-state index contributed by atoms with van der Waals surface area (Å²) in [4.78, 5) is 8.34. The highest BCUT2D eigenvalue weighted by Gasteiger charge is 2.05. The highest BCUT2D eigenvalue weighted by molar-refractivity contribution is 9.10. The van der Waals surface area contributed by atoms with Crippen molar-refractivity contribution >= 4 is 33.4 Å². The summed E-state index contributed by atoms with van der Waals surface area (Å²) in [5.41, 5.74) is 8.56. The Hall–Kier alpha value is -2.41. The third-order valence-electron chi connectivity index (χ3n) is 2.90. The fourth-order valence-electron chi connectivity index (χ4n) is 1.89. The number of nitrogen functional groups attached to an aromatic ring is 1. The summed E-state index contributed by atoms with van der Waals surface area (Å²) in [5.74, 6) is 0.849. The lowest BCUT2D eigenvalue weighted by atomic mass is 10.1. The van der Waals surface area contributed by atoms with Gasteiger partial charge in [-0.3, -0.25) is 4.68 Å². The smallest absolute Gasteiger partial charge is 0.229 e. The fraction of sp³-hybridized carbons (Fsp3) is 0.0714. The zero-order chi connectivity index (χ0) is 14.8. The Morgan fingerprint density at radius 3 is 2.86 bits per heavy atom. The second-order valence-electron chi connectivity index (χ2n) is 4.51. The maximum absolute atomic E-state index is 5.75. The van der Waals surface area contributed by atoms with Gasteiger partial charge in [-0.2, -0.15) is 10.1 Å². The van der Waals surface area contributed by atoms with Crippen molar-refractivity contribution in [2.75, 3.05) is 11.1 Å². The first-order valence-corrected chi connectivity index (χ1v) is 7.06. The monoisotopic (exact) mass is 344 g/mol. The van der Waals surface area contributed by atoms with E-state index in [4.69, 9.17) is 5.73 Å². The van der Waals surface area contributed by atoms with Crippen LogP contribution in [0, 0.1) is 0 Å². The van der Waals surface area contributed by atoms with Crippen LogP contribution in [-0.2, 0) is 7.05 Å². The van der Waals surface area contributed by atoms with Crippen molar-refractivity contribution in [1.29, 1.82) is 0 Å². The van der Waals surface area contributed by atoms with Crippen molar-refractivity contribution in [3.63, 3.8) is 0 Å². The van der Waals surface area contributed by atoms with Crippen LogP contribution < -0.4 is 11.1 Å². The summed E-state index contributed by atoms with van der Waals surface area (Å²) in [5, 5.41) is 7.52. The Balaban J connectivity index is 1.87. The highest BCUT2D eigenvalue weighted by Crippen LogP contribution is 2.23. The summed E-state index contributed by atoms with van der Waals surface area (Å²) in [6, 6.07) is 9.85. The number of anilines is 3. The minimum absolute atomic E-state index is 0.397. The molecule has 0 fully saturated rings. The zero-order valence-electron chi connectivity index (χ0n) is 11.3. The predicted molar refractivity (Wildman–Crippen MR) is 86.1 cm³/mol. The fourth-order valence-corrected chi connectivity index (χ4v) is 2.09. The van der Waals surface area contributed by atoms with Crippen molar-refractivity contribution in [2.45, 2.75) is 0 Å². The first-order valence-electron chi connectivity index (χ1n) is 6.27. The Bertz CT molecular complexity index is 783. The molecule has 0 atom stereocenters. The largest absolute Gasteiger partial charge is 0.383 e. The molecule has 21 heavy (non-hydrogen) atoms. The molecule has 6 nitrogen and oxygen atoms in total. The van der Waals surface area contributed by atoms with E-state index in [1.165, 1.54) is 0 Å². The van der Waals surface area contributed by atoms with E-state index in [0.717, 1.165) is 16.9 Å². The molecule has 3 aromatic rings. The van der Waals surface area contributed by atoms with E-state index in [1.807, 2.05) is 43.6 Å². The van der Waals surface area contributed by atoms with E-state index in [2.05, 4.69) is 36.3 Å². The molecule has 0 aliphatic heterocycles. The van der Waals surface area contributed by atoms with Gasteiger partial charge in [-0.1, -0.05) is 12.1 Å². The lowest BCUT2D eigenvalue weighted by Gasteiger charge is -2.07. The molecule has 3 rings (SSSR count). The van der Waals surface area contributed by atoms with Crippen molar-refractivity contribution < 1.29 is 0 Å². The summed E-state index contributed by atoms with van der Waals surface area (Å²) >= 11 is 3.27. The first kappa shape index (κ1) is 13.6. The maximum Gasteiger partial charge on any atom is 0.229 e. The van der Waals surface area contributed by atoms with Gasteiger partial charge in [0.2, 0.25) is 5.95 Å². The van der Waals surface area contributed by atoms with Crippen LogP contribution in [0.5, 0.6) is 0 Å². The van der Waals surface area contributed by atoms with Crippen LogP contribution in [0.3, 0.4) is 0 Å². The van der Waals surface area contributed by atoms with Gasteiger partial charge in [0, 0.05) is 30.7 Å². The van der Waals surface area contributed by atoms with Crippen molar-refractivity contribution in [3.8, 4) is 11.3 Å². The van der Waals surface area contributed by atoms with Crippen LogP contribution in [0.2, 0.25) is 0 Å².